The Kier molecular flexibility index (Phi) is 3.95. The fraction of sp³-hybridized carbons (Fsp3) is 0.0714. The average molecular weight is 331 g/mol. The fourth-order valence-corrected chi connectivity index (χ4v) is 2.76. The second-order valence-corrected chi connectivity index (χ2v) is 5.65. The molecular formula is C14H8BF2N3O2S. The van der Waals surface area contributed by atoms with Gasteiger partial charge in [-0.15, -0.1) is 0 Å². The molecule has 2 heterocycles. The number of thiazole rings is 1. The predicted octanol–water partition coefficient (Wildman–Crippen LogP) is 1.44. The van der Waals surface area contributed by atoms with Gasteiger partial charge < -0.3 is 10.5 Å². The lowest BCUT2D eigenvalue weighted by Crippen LogP contribution is -2.16. The van der Waals surface area contributed by atoms with Crippen molar-refractivity contribution >= 4 is 40.9 Å². The van der Waals surface area contributed by atoms with Crippen molar-refractivity contribution in [3.05, 3.63) is 46.6 Å². The number of amides is 1. The van der Waals surface area contributed by atoms with E-state index >= 15 is 0 Å². The third-order valence-corrected chi connectivity index (χ3v) is 3.92. The molecule has 0 aliphatic carbocycles. The van der Waals surface area contributed by atoms with Crippen molar-refractivity contribution in [1.29, 1.82) is 0 Å². The van der Waals surface area contributed by atoms with Gasteiger partial charge in [0.2, 0.25) is 0 Å². The monoisotopic (exact) mass is 331 g/mol. The number of hydrogen-bond acceptors (Lipinski definition) is 5. The molecule has 1 aromatic carbocycles. The van der Waals surface area contributed by atoms with Crippen molar-refractivity contribution in [2.24, 2.45) is 5.73 Å². The third kappa shape index (κ3) is 3.00. The van der Waals surface area contributed by atoms with Gasteiger partial charge >= 0.3 is 0 Å². The lowest BCUT2D eigenvalue weighted by Gasteiger charge is -2.08. The molecule has 0 aliphatic rings. The first-order valence-electron chi connectivity index (χ1n) is 6.37. The Balaban J connectivity index is 1.85. The number of halogens is 2. The van der Waals surface area contributed by atoms with E-state index < -0.39 is 23.1 Å². The molecule has 0 fully saturated rings. The Labute approximate surface area is 134 Å². The number of pyridine rings is 1. The summed E-state index contributed by atoms with van der Waals surface area (Å²) in [6.45, 7) is -0.0678. The zero-order valence-electron chi connectivity index (χ0n) is 11.5. The summed E-state index contributed by atoms with van der Waals surface area (Å²) < 4.78 is 32.7. The normalized spacial score (nSPS) is 10.9. The van der Waals surface area contributed by atoms with E-state index in [1.165, 1.54) is 17.5 Å². The van der Waals surface area contributed by atoms with Crippen LogP contribution in [0.2, 0.25) is 0 Å². The van der Waals surface area contributed by atoms with Crippen molar-refractivity contribution < 1.29 is 18.3 Å². The number of fused-ring (bicyclic) bond motifs is 1. The summed E-state index contributed by atoms with van der Waals surface area (Å²) in [5.41, 5.74) is 5.20. The van der Waals surface area contributed by atoms with Crippen molar-refractivity contribution in [3.8, 4) is 5.75 Å². The second-order valence-electron chi connectivity index (χ2n) is 4.59. The van der Waals surface area contributed by atoms with Crippen LogP contribution in [0.4, 0.5) is 8.78 Å². The van der Waals surface area contributed by atoms with Crippen LogP contribution in [0.1, 0.15) is 15.4 Å². The highest BCUT2D eigenvalue weighted by molar-refractivity contribution is 7.18. The van der Waals surface area contributed by atoms with Crippen LogP contribution in [0.25, 0.3) is 10.3 Å². The number of nitrogens with two attached hydrogens (primary N) is 1. The van der Waals surface area contributed by atoms with Gasteiger partial charge in [0.25, 0.3) is 5.91 Å². The summed E-state index contributed by atoms with van der Waals surface area (Å²) in [7, 11) is 5.62. The minimum absolute atomic E-state index is 0.0678. The van der Waals surface area contributed by atoms with Gasteiger partial charge in [-0.3, -0.25) is 4.79 Å². The SMILES string of the molecule is [B]c1cnc2sc(COc3ccc(F)c(C(N)=O)c3F)nc2c1. The van der Waals surface area contributed by atoms with Gasteiger partial charge in [0.05, 0.1) is 5.52 Å². The maximum absolute atomic E-state index is 14.0. The summed E-state index contributed by atoms with van der Waals surface area (Å²) in [6.07, 6.45) is 1.50. The minimum atomic E-state index is -1.20. The number of rotatable bonds is 4. The van der Waals surface area contributed by atoms with Gasteiger partial charge in [-0.25, -0.2) is 18.7 Å². The molecule has 2 radical (unpaired) electrons. The first-order chi connectivity index (χ1) is 11.0. The zero-order chi connectivity index (χ0) is 16.6. The molecule has 0 saturated heterocycles. The smallest absolute Gasteiger partial charge is 0.254 e. The van der Waals surface area contributed by atoms with Crippen LogP contribution in [0.3, 0.4) is 0 Å². The van der Waals surface area contributed by atoms with E-state index in [-0.39, 0.29) is 12.4 Å². The predicted molar refractivity (Wildman–Crippen MR) is 82.0 cm³/mol. The van der Waals surface area contributed by atoms with Gasteiger partial charge in [0, 0.05) is 6.20 Å². The Morgan fingerprint density at radius 2 is 2.17 bits per heavy atom. The van der Waals surface area contributed by atoms with Gasteiger partial charge in [0.15, 0.2) is 11.6 Å². The molecule has 2 N–H and O–H groups in total. The van der Waals surface area contributed by atoms with Crippen molar-refractivity contribution in [2.45, 2.75) is 6.61 Å². The van der Waals surface area contributed by atoms with Gasteiger partial charge in [-0.2, -0.15) is 0 Å². The highest BCUT2D eigenvalue weighted by atomic mass is 32.1. The average Bonchev–Trinajstić information content (AvgIpc) is 2.88. The third-order valence-electron chi connectivity index (χ3n) is 2.97. The van der Waals surface area contributed by atoms with Gasteiger partial charge in [-0.05, 0) is 18.2 Å². The van der Waals surface area contributed by atoms with Crippen LogP contribution < -0.4 is 15.9 Å². The number of carbonyl (C=O) groups is 1. The van der Waals surface area contributed by atoms with Crippen LogP contribution in [-0.2, 0) is 6.61 Å². The number of nitrogens with zero attached hydrogens (tertiary/aromatic N) is 2. The first-order valence-corrected chi connectivity index (χ1v) is 7.19. The quantitative estimate of drug-likeness (QED) is 0.734. The van der Waals surface area contributed by atoms with E-state index in [0.717, 1.165) is 12.1 Å². The highest BCUT2D eigenvalue weighted by Gasteiger charge is 2.19. The molecule has 3 rings (SSSR count). The molecule has 0 atom stereocenters. The van der Waals surface area contributed by atoms with E-state index in [1.54, 1.807) is 6.07 Å². The molecule has 0 spiro atoms. The van der Waals surface area contributed by atoms with Crippen molar-refractivity contribution in [1.82, 2.24) is 9.97 Å². The molecule has 0 unspecified atom stereocenters. The summed E-state index contributed by atoms with van der Waals surface area (Å²) in [5.74, 6) is -3.67. The van der Waals surface area contributed by atoms with Crippen LogP contribution >= 0.6 is 11.3 Å². The van der Waals surface area contributed by atoms with E-state index in [0.29, 0.717) is 20.8 Å². The molecule has 5 nitrogen and oxygen atoms in total. The topological polar surface area (TPSA) is 78.1 Å². The van der Waals surface area contributed by atoms with Crippen LogP contribution in [0.5, 0.6) is 5.75 Å². The lowest BCUT2D eigenvalue weighted by atomic mass is 9.99. The number of carbonyl (C=O) groups excluding carboxylic acids is 1. The molecule has 1 amide bonds. The molecule has 114 valence electrons. The van der Waals surface area contributed by atoms with Crippen LogP contribution in [0, 0.1) is 11.6 Å². The van der Waals surface area contributed by atoms with E-state index in [9.17, 15) is 13.6 Å². The zero-order valence-corrected chi connectivity index (χ0v) is 12.4. The molecule has 23 heavy (non-hydrogen) atoms. The van der Waals surface area contributed by atoms with E-state index in [2.05, 4.69) is 9.97 Å². The number of primary amides is 1. The lowest BCUT2D eigenvalue weighted by molar-refractivity contribution is 0.0991. The van der Waals surface area contributed by atoms with E-state index in [1.807, 2.05) is 0 Å². The summed E-state index contributed by atoms with van der Waals surface area (Å²) >= 11 is 1.25. The Hall–Kier alpha value is -2.55. The number of ether oxygens (including phenoxy) is 1. The van der Waals surface area contributed by atoms with Crippen molar-refractivity contribution in [2.75, 3.05) is 0 Å². The van der Waals surface area contributed by atoms with Crippen LogP contribution in [-0.4, -0.2) is 23.7 Å². The van der Waals surface area contributed by atoms with Gasteiger partial charge in [0.1, 0.15) is 35.7 Å². The molecule has 2 aromatic heterocycles. The van der Waals surface area contributed by atoms with Crippen LogP contribution in [0.15, 0.2) is 24.4 Å². The largest absolute Gasteiger partial charge is 0.483 e. The number of aromatic nitrogens is 2. The summed E-state index contributed by atoms with van der Waals surface area (Å²) in [6, 6.07) is 3.66. The highest BCUT2D eigenvalue weighted by Crippen LogP contribution is 2.25. The van der Waals surface area contributed by atoms with Crippen molar-refractivity contribution in [3.63, 3.8) is 0 Å². The minimum Gasteiger partial charge on any atom is -0.483 e. The second kappa shape index (κ2) is 5.92. The summed E-state index contributed by atoms with van der Waals surface area (Å²) in [4.78, 5) is 20.1. The first kappa shape index (κ1) is 15.4. The number of hydrogen-bond donors (Lipinski definition) is 1. The maximum atomic E-state index is 14.0. The number of benzene rings is 1. The molecule has 9 heteroatoms. The summed E-state index contributed by atoms with van der Waals surface area (Å²) in [5, 5.41) is 0.530. The molecule has 0 saturated carbocycles. The molecule has 0 bridgehead atoms. The maximum Gasteiger partial charge on any atom is 0.254 e. The van der Waals surface area contributed by atoms with Gasteiger partial charge in [-0.1, -0.05) is 16.8 Å². The Morgan fingerprint density at radius 1 is 1.39 bits per heavy atom. The Morgan fingerprint density at radius 3 is 2.91 bits per heavy atom. The standard InChI is InChI=1S/C14H8BF2N3O2S/c15-6-3-8-14(19-4-6)23-10(20-8)5-22-9-2-1-7(16)11(12(9)17)13(18)21/h1-4H,5H2,(H2,18,21). The molecule has 3 aromatic rings. The molecular weight excluding hydrogens is 323 g/mol. The molecule has 0 aliphatic heterocycles. The van der Waals surface area contributed by atoms with E-state index in [4.69, 9.17) is 18.3 Å². The Bertz CT molecular complexity index is 916. The fourth-order valence-electron chi connectivity index (χ4n) is 1.96.